The Bertz CT molecular complexity index is 549. The Morgan fingerprint density at radius 2 is 2.06 bits per heavy atom. The SMILES string of the molecule is O=C(O)c1ccnc(CN2C(=O)C3CC3C2=O)c1. The van der Waals surface area contributed by atoms with Crippen molar-refractivity contribution in [3.05, 3.63) is 29.6 Å². The molecule has 6 nitrogen and oxygen atoms in total. The average Bonchev–Trinajstić information content (AvgIpc) is 3.10. The zero-order valence-corrected chi connectivity index (χ0v) is 9.37. The maximum absolute atomic E-state index is 11.7. The van der Waals surface area contributed by atoms with Crippen LogP contribution in [0.2, 0.25) is 0 Å². The molecule has 1 aliphatic carbocycles. The summed E-state index contributed by atoms with van der Waals surface area (Å²) in [5, 5.41) is 8.85. The summed E-state index contributed by atoms with van der Waals surface area (Å²) in [5.74, 6) is -1.65. The molecule has 2 unspecified atom stereocenters. The van der Waals surface area contributed by atoms with E-state index in [0.717, 1.165) is 0 Å². The number of imide groups is 1. The van der Waals surface area contributed by atoms with E-state index in [-0.39, 0.29) is 35.8 Å². The number of pyridine rings is 1. The van der Waals surface area contributed by atoms with Crippen molar-refractivity contribution in [1.29, 1.82) is 0 Å². The molecule has 0 aromatic carbocycles. The van der Waals surface area contributed by atoms with Crippen LogP contribution in [0.25, 0.3) is 0 Å². The summed E-state index contributed by atoms with van der Waals surface area (Å²) in [5.41, 5.74) is 0.516. The van der Waals surface area contributed by atoms with Crippen molar-refractivity contribution in [1.82, 2.24) is 9.88 Å². The number of carboxylic acids is 1. The normalized spacial score (nSPS) is 25.2. The van der Waals surface area contributed by atoms with Crippen LogP contribution in [-0.4, -0.2) is 32.8 Å². The maximum Gasteiger partial charge on any atom is 0.335 e. The molecule has 1 N–H and O–H groups in total. The Morgan fingerprint density at radius 3 is 2.67 bits per heavy atom. The molecule has 6 heteroatoms. The quantitative estimate of drug-likeness (QED) is 0.774. The highest BCUT2D eigenvalue weighted by molar-refractivity contribution is 6.08. The van der Waals surface area contributed by atoms with Crippen LogP contribution in [0, 0.1) is 11.8 Å². The maximum atomic E-state index is 11.7. The molecule has 0 radical (unpaired) electrons. The molecule has 0 spiro atoms. The van der Waals surface area contributed by atoms with Crippen molar-refractivity contribution < 1.29 is 19.5 Å². The number of carbonyl (C=O) groups excluding carboxylic acids is 2. The van der Waals surface area contributed by atoms with Crippen molar-refractivity contribution in [3.8, 4) is 0 Å². The smallest absolute Gasteiger partial charge is 0.335 e. The van der Waals surface area contributed by atoms with Crippen LogP contribution < -0.4 is 0 Å². The van der Waals surface area contributed by atoms with E-state index in [1.54, 1.807) is 0 Å². The van der Waals surface area contributed by atoms with Gasteiger partial charge in [-0.2, -0.15) is 0 Å². The molecule has 1 saturated heterocycles. The Morgan fingerprint density at radius 1 is 1.39 bits per heavy atom. The van der Waals surface area contributed by atoms with Gasteiger partial charge in [0, 0.05) is 6.20 Å². The van der Waals surface area contributed by atoms with E-state index in [1.807, 2.05) is 0 Å². The number of carboxylic acid groups (broad SMARTS) is 1. The first kappa shape index (κ1) is 10.9. The molecular formula is C12H10N2O4. The molecule has 1 aliphatic heterocycles. The fraction of sp³-hybridized carbons (Fsp3) is 0.333. The number of nitrogens with zero attached hydrogens (tertiary/aromatic N) is 2. The van der Waals surface area contributed by atoms with E-state index >= 15 is 0 Å². The van der Waals surface area contributed by atoms with E-state index in [1.165, 1.54) is 23.2 Å². The molecule has 92 valence electrons. The second-order valence-electron chi connectivity index (χ2n) is 4.55. The summed E-state index contributed by atoms with van der Waals surface area (Å²) in [4.78, 5) is 39.4. The number of fused-ring (bicyclic) bond motifs is 1. The summed E-state index contributed by atoms with van der Waals surface area (Å²) < 4.78 is 0. The fourth-order valence-electron chi connectivity index (χ4n) is 2.27. The van der Waals surface area contributed by atoms with Gasteiger partial charge in [-0.15, -0.1) is 0 Å². The topological polar surface area (TPSA) is 87.6 Å². The van der Waals surface area contributed by atoms with Gasteiger partial charge in [0.05, 0.1) is 29.6 Å². The molecule has 0 bridgehead atoms. The molecular weight excluding hydrogens is 236 g/mol. The van der Waals surface area contributed by atoms with E-state index < -0.39 is 5.97 Å². The third kappa shape index (κ3) is 1.57. The highest BCUT2D eigenvalue weighted by Gasteiger charge is 2.58. The summed E-state index contributed by atoms with van der Waals surface area (Å²) in [7, 11) is 0. The minimum atomic E-state index is -1.06. The van der Waals surface area contributed by atoms with E-state index in [4.69, 9.17) is 5.11 Å². The van der Waals surface area contributed by atoms with Crippen LogP contribution in [0.1, 0.15) is 22.5 Å². The standard InChI is InChI=1S/C12H10N2O4/c15-10-8-4-9(8)11(16)14(10)5-7-3-6(12(17)18)1-2-13-7/h1-3,8-9H,4-5H2,(H,17,18). The number of hydrogen-bond acceptors (Lipinski definition) is 4. The Labute approximate surface area is 102 Å². The lowest BCUT2D eigenvalue weighted by Crippen LogP contribution is -2.32. The number of aromatic carboxylic acids is 1. The zero-order valence-electron chi connectivity index (χ0n) is 9.37. The third-order valence-electron chi connectivity index (χ3n) is 3.34. The molecule has 1 aromatic heterocycles. The number of likely N-dealkylation sites (tertiary alicyclic amines) is 1. The zero-order chi connectivity index (χ0) is 12.9. The second-order valence-corrected chi connectivity index (χ2v) is 4.55. The van der Waals surface area contributed by atoms with E-state index in [0.29, 0.717) is 12.1 Å². The molecule has 2 amide bonds. The first-order valence-corrected chi connectivity index (χ1v) is 5.61. The van der Waals surface area contributed by atoms with Gasteiger partial charge in [0.25, 0.3) is 0 Å². The number of aromatic nitrogens is 1. The van der Waals surface area contributed by atoms with E-state index in [2.05, 4.69) is 4.98 Å². The van der Waals surface area contributed by atoms with Gasteiger partial charge in [0.15, 0.2) is 0 Å². The Hall–Kier alpha value is -2.24. The number of hydrogen-bond donors (Lipinski definition) is 1. The van der Waals surface area contributed by atoms with Crippen molar-refractivity contribution in [2.75, 3.05) is 0 Å². The van der Waals surface area contributed by atoms with Crippen molar-refractivity contribution in [2.24, 2.45) is 11.8 Å². The lowest BCUT2D eigenvalue weighted by molar-refractivity contribution is -0.142. The van der Waals surface area contributed by atoms with Gasteiger partial charge in [-0.3, -0.25) is 19.5 Å². The first-order valence-electron chi connectivity index (χ1n) is 5.61. The van der Waals surface area contributed by atoms with Gasteiger partial charge in [-0.1, -0.05) is 0 Å². The third-order valence-corrected chi connectivity index (χ3v) is 3.34. The van der Waals surface area contributed by atoms with E-state index in [9.17, 15) is 14.4 Å². The molecule has 2 fully saturated rings. The number of carbonyl (C=O) groups is 3. The summed E-state index contributed by atoms with van der Waals surface area (Å²) in [6.45, 7) is 0.0613. The van der Waals surface area contributed by atoms with Crippen LogP contribution in [-0.2, 0) is 16.1 Å². The van der Waals surface area contributed by atoms with Crippen LogP contribution >= 0.6 is 0 Å². The monoisotopic (exact) mass is 246 g/mol. The van der Waals surface area contributed by atoms with Gasteiger partial charge in [0.1, 0.15) is 0 Å². The highest BCUT2D eigenvalue weighted by atomic mass is 16.4. The Kier molecular flexibility index (Phi) is 2.19. The molecule has 1 saturated carbocycles. The molecule has 2 atom stereocenters. The minimum absolute atomic E-state index is 0.0613. The predicted octanol–water partition coefficient (Wildman–Crippen LogP) is 0.285. The van der Waals surface area contributed by atoms with Gasteiger partial charge in [0.2, 0.25) is 11.8 Å². The lowest BCUT2D eigenvalue weighted by Gasteiger charge is -2.15. The highest BCUT2D eigenvalue weighted by Crippen LogP contribution is 2.47. The predicted molar refractivity (Wildman–Crippen MR) is 58.4 cm³/mol. The molecule has 2 aliphatic rings. The summed E-state index contributed by atoms with van der Waals surface area (Å²) >= 11 is 0. The van der Waals surface area contributed by atoms with Gasteiger partial charge in [-0.25, -0.2) is 4.79 Å². The molecule has 2 heterocycles. The van der Waals surface area contributed by atoms with Crippen molar-refractivity contribution in [3.63, 3.8) is 0 Å². The largest absolute Gasteiger partial charge is 0.478 e. The molecule has 18 heavy (non-hydrogen) atoms. The van der Waals surface area contributed by atoms with Gasteiger partial charge >= 0.3 is 5.97 Å². The minimum Gasteiger partial charge on any atom is -0.478 e. The Balaban J connectivity index is 1.81. The fourth-order valence-corrected chi connectivity index (χ4v) is 2.27. The summed E-state index contributed by atoms with van der Waals surface area (Å²) in [6, 6.07) is 2.75. The van der Waals surface area contributed by atoms with Crippen molar-refractivity contribution in [2.45, 2.75) is 13.0 Å². The van der Waals surface area contributed by atoms with Crippen molar-refractivity contribution >= 4 is 17.8 Å². The second kappa shape index (κ2) is 3.63. The lowest BCUT2D eigenvalue weighted by atomic mass is 10.2. The molecule has 1 aromatic rings. The van der Waals surface area contributed by atoms with Crippen LogP contribution in [0.5, 0.6) is 0 Å². The molecule has 3 rings (SSSR count). The number of rotatable bonds is 3. The summed E-state index contributed by atoms with van der Waals surface area (Å²) in [6.07, 6.45) is 2.03. The van der Waals surface area contributed by atoms with Crippen LogP contribution in [0.15, 0.2) is 18.3 Å². The first-order chi connectivity index (χ1) is 8.58. The van der Waals surface area contributed by atoms with Gasteiger partial charge < -0.3 is 5.11 Å². The number of amides is 2. The van der Waals surface area contributed by atoms with Crippen LogP contribution in [0.3, 0.4) is 0 Å². The number of piperidine rings is 1. The van der Waals surface area contributed by atoms with Gasteiger partial charge in [-0.05, 0) is 18.6 Å². The van der Waals surface area contributed by atoms with Crippen LogP contribution in [0.4, 0.5) is 0 Å². The average molecular weight is 246 g/mol.